The Bertz CT molecular complexity index is 422. The fourth-order valence-corrected chi connectivity index (χ4v) is 2.01. The first-order valence-corrected chi connectivity index (χ1v) is 7.90. The van der Waals surface area contributed by atoms with Crippen LogP contribution in [0.4, 0.5) is 10.5 Å². The van der Waals surface area contributed by atoms with Crippen LogP contribution in [0.1, 0.15) is 6.42 Å². The van der Waals surface area contributed by atoms with E-state index >= 15 is 0 Å². The molecule has 2 N–H and O–H groups in total. The highest BCUT2D eigenvalue weighted by Gasteiger charge is 2.02. The maximum Gasteiger partial charge on any atom is 0.319 e. The van der Waals surface area contributed by atoms with Crippen molar-refractivity contribution in [1.29, 1.82) is 0 Å². The number of urea groups is 1. The summed E-state index contributed by atoms with van der Waals surface area (Å²) in [4.78, 5) is 16.1. The van der Waals surface area contributed by atoms with Gasteiger partial charge in [-0.15, -0.1) is 0 Å². The van der Waals surface area contributed by atoms with Gasteiger partial charge in [0.15, 0.2) is 0 Å². The van der Waals surface area contributed by atoms with Crippen molar-refractivity contribution in [2.45, 2.75) is 6.42 Å². The number of anilines is 1. The predicted octanol–water partition coefficient (Wildman–Crippen LogP) is 2.45. The average molecular weight is 357 g/mol. The quantitative estimate of drug-likeness (QED) is 0.703. The summed E-state index contributed by atoms with van der Waals surface area (Å²) >= 11 is 3.36. The third-order valence-corrected chi connectivity index (χ3v) is 3.56. The second-order valence-electron chi connectivity index (χ2n) is 5.35. The lowest BCUT2D eigenvalue weighted by atomic mass is 10.3. The number of halogens is 1. The Morgan fingerprint density at radius 3 is 2.38 bits per heavy atom. The Balaban J connectivity index is 2.12. The van der Waals surface area contributed by atoms with E-state index in [2.05, 4.69) is 57.5 Å². The molecule has 0 unspecified atom stereocenters. The predicted molar refractivity (Wildman–Crippen MR) is 91.8 cm³/mol. The number of benzene rings is 1. The van der Waals surface area contributed by atoms with Gasteiger partial charge in [-0.05, 0) is 58.4 Å². The largest absolute Gasteiger partial charge is 0.338 e. The van der Waals surface area contributed by atoms with Crippen molar-refractivity contribution in [1.82, 2.24) is 15.1 Å². The average Bonchev–Trinajstić information content (AvgIpc) is 2.44. The van der Waals surface area contributed by atoms with Crippen LogP contribution < -0.4 is 10.6 Å². The zero-order chi connectivity index (χ0) is 15.7. The van der Waals surface area contributed by atoms with Gasteiger partial charge >= 0.3 is 6.03 Å². The highest BCUT2D eigenvalue weighted by molar-refractivity contribution is 9.10. The highest BCUT2D eigenvalue weighted by Crippen LogP contribution is 2.13. The topological polar surface area (TPSA) is 47.6 Å². The Labute approximate surface area is 135 Å². The maximum atomic E-state index is 11.7. The molecule has 0 saturated carbocycles. The third-order valence-electron chi connectivity index (χ3n) is 3.03. The molecule has 0 fully saturated rings. The molecule has 0 aliphatic carbocycles. The number of likely N-dealkylation sites (N-methyl/N-ethyl adjacent to an activating group) is 2. The zero-order valence-electron chi connectivity index (χ0n) is 13.0. The Morgan fingerprint density at radius 1 is 1.10 bits per heavy atom. The van der Waals surface area contributed by atoms with Crippen molar-refractivity contribution in [2.24, 2.45) is 0 Å². The number of carbonyl (C=O) groups excluding carboxylic acids is 1. The minimum absolute atomic E-state index is 0.159. The van der Waals surface area contributed by atoms with E-state index in [4.69, 9.17) is 0 Å². The molecule has 0 bridgehead atoms. The summed E-state index contributed by atoms with van der Waals surface area (Å²) in [6, 6.07) is 7.36. The van der Waals surface area contributed by atoms with Crippen molar-refractivity contribution in [3.63, 3.8) is 0 Å². The molecule has 0 radical (unpaired) electrons. The summed E-state index contributed by atoms with van der Waals surface area (Å²) in [6.45, 7) is 3.74. The van der Waals surface area contributed by atoms with Crippen LogP contribution in [0.2, 0.25) is 0 Å². The highest BCUT2D eigenvalue weighted by atomic mass is 79.9. The molecule has 118 valence electrons. The molecule has 0 aromatic heterocycles. The number of nitrogens with zero attached hydrogens (tertiary/aromatic N) is 2. The summed E-state index contributed by atoms with van der Waals surface area (Å²) < 4.78 is 0.995. The van der Waals surface area contributed by atoms with Gasteiger partial charge in [-0.3, -0.25) is 0 Å². The number of hydrogen-bond acceptors (Lipinski definition) is 3. The molecule has 0 aliphatic rings. The zero-order valence-corrected chi connectivity index (χ0v) is 14.6. The van der Waals surface area contributed by atoms with Gasteiger partial charge in [0, 0.05) is 29.8 Å². The first-order chi connectivity index (χ1) is 9.97. The van der Waals surface area contributed by atoms with Crippen molar-refractivity contribution >= 4 is 27.6 Å². The lowest BCUT2D eigenvalue weighted by Crippen LogP contribution is -2.33. The lowest BCUT2D eigenvalue weighted by molar-refractivity contribution is 0.249. The van der Waals surface area contributed by atoms with E-state index < -0.39 is 0 Å². The maximum absolute atomic E-state index is 11.7. The van der Waals surface area contributed by atoms with Crippen molar-refractivity contribution in [3.8, 4) is 0 Å². The molecule has 0 heterocycles. The van der Waals surface area contributed by atoms with Gasteiger partial charge in [0.2, 0.25) is 0 Å². The van der Waals surface area contributed by atoms with Crippen LogP contribution in [0.25, 0.3) is 0 Å². The van der Waals surface area contributed by atoms with Crippen LogP contribution in [-0.4, -0.2) is 63.2 Å². The fourth-order valence-electron chi connectivity index (χ4n) is 1.74. The van der Waals surface area contributed by atoms with Crippen LogP contribution in [0.5, 0.6) is 0 Å². The van der Waals surface area contributed by atoms with E-state index in [0.717, 1.165) is 36.2 Å². The molecule has 0 saturated heterocycles. The Hall–Kier alpha value is -1.11. The van der Waals surface area contributed by atoms with Crippen LogP contribution in [-0.2, 0) is 0 Å². The van der Waals surface area contributed by atoms with Gasteiger partial charge in [0.25, 0.3) is 0 Å². The molecule has 2 amide bonds. The summed E-state index contributed by atoms with van der Waals surface area (Å²) in [5.41, 5.74) is 0.791. The van der Waals surface area contributed by atoms with Crippen molar-refractivity contribution < 1.29 is 4.79 Å². The minimum Gasteiger partial charge on any atom is -0.338 e. The molecule has 1 rings (SSSR count). The number of amides is 2. The summed E-state index contributed by atoms with van der Waals surface area (Å²) in [5.74, 6) is 0. The molecule has 0 spiro atoms. The van der Waals surface area contributed by atoms with Crippen molar-refractivity contribution in [2.75, 3.05) is 52.6 Å². The molecular formula is C15H25BrN4O. The van der Waals surface area contributed by atoms with Gasteiger partial charge < -0.3 is 20.4 Å². The van der Waals surface area contributed by atoms with E-state index in [1.807, 2.05) is 24.3 Å². The number of hydrogen-bond donors (Lipinski definition) is 2. The van der Waals surface area contributed by atoms with Gasteiger partial charge in [-0.2, -0.15) is 0 Å². The van der Waals surface area contributed by atoms with Gasteiger partial charge in [-0.25, -0.2) is 4.79 Å². The standard InChI is InChI=1S/C15H25BrN4O/c1-19(2)11-12-20(3)10-4-9-17-15(21)18-14-7-5-13(16)6-8-14/h5-8H,4,9-12H2,1-3H3,(H2,17,18,21). The van der Waals surface area contributed by atoms with E-state index in [1.165, 1.54) is 0 Å². The molecule has 0 atom stereocenters. The summed E-state index contributed by atoms with van der Waals surface area (Å²) in [5, 5.41) is 5.67. The SMILES string of the molecule is CN(C)CCN(C)CCCNC(=O)Nc1ccc(Br)cc1. The molecule has 6 heteroatoms. The molecule has 1 aromatic rings. The second kappa shape index (κ2) is 9.76. The smallest absolute Gasteiger partial charge is 0.319 e. The Morgan fingerprint density at radius 2 is 1.76 bits per heavy atom. The van der Waals surface area contributed by atoms with E-state index in [9.17, 15) is 4.79 Å². The molecule has 21 heavy (non-hydrogen) atoms. The van der Waals surface area contributed by atoms with Crippen LogP contribution >= 0.6 is 15.9 Å². The first kappa shape index (κ1) is 17.9. The van der Waals surface area contributed by atoms with E-state index in [-0.39, 0.29) is 6.03 Å². The third kappa shape index (κ3) is 8.70. The minimum atomic E-state index is -0.159. The van der Waals surface area contributed by atoms with Gasteiger partial charge in [0.05, 0.1) is 0 Å². The van der Waals surface area contributed by atoms with Crippen LogP contribution in [0.3, 0.4) is 0 Å². The Kier molecular flexibility index (Phi) is 8.34. The van der Waals surface area contributed by atoms with Gasteiger partial charge in [0.1, 0.15) is 0 Å². The van der Waals surface area contributed by atoms with Crippen LogP contribution in [0, 0.1) is 0 Å². The molecule has 0 aliphatic heterocycles. The lowest BCUT2D eigenvalue weighted by Gasteiger charge is -2.19. The molecular weight excluding hydrogens is 332 g/mol. The summed E-state index contributed by atoms with van der Waals surface area (Å²) in [6.07, 6.45) is 0.942. The monoisotopic (exact) mass is 356 g/mol. The normalized spacial score (nSPS) is 11.0. The van der Waals surface area contributed by atoms with Gasteiger partial charge in [-0.1, -0.05) is 15.9 Å². The number of carbonyl (C=O) groups is 1. The van der Waals surface area contributed by atoms with Crippen molar-refractivity contribution in [3.05, 3.63) is 28.7 Å². The fraction of sp³-hybridized carbons (Fsp3) is 0.533. The van der Waals surface area contributed by atoms with E-state index in [0.29, 0.717) is 6.54 Å². The van der Waals surface area contributed by atoms with E-state index in [1.54, 1.807) is 0 Å². The molecule has 5 nitrogen and oxygen atoms in total. The second-order valence-corrected chi connectivity index (χ2v) is 6.26. The summed E-state index contributed by atoms with van der Waals surface area (Å²) in [7, 11) is 6.25. The number of rotatable bonds is 8. The molecule has 1 aromatic carbocycles. The first-order valence-electron chi connectivity index (χ1n) is 7.11. The number of nitrogens with one attached hydrogen (secondary N) is 2. The van der Waals surface area contributed by atoms with Crippen LogP contribution in [0.15, 0.2) is 28.7 Å².